The number of aromatic nitrogens is 2. The maximum absolute atomic E-state index is 6.28. The summed E-state index contributed by atoms with van der Waals surface area (Å²) in [6.07, 6.45) is 2.00. The van der Waals surface area contributed by atoms with E-state index in [2.05, 4.69) is 46.5 Å². The Morgan fingerprint density at radius 1 is 1.44 bits per heavy atom. The lowest BCUT2D eigenvalue weighted by molar-refractivity contribution is 0.498. The van der Waals surface area contributed by atoms with Gasteiger partial charge >= 0.3 is 0 Å². The molecule has 16 heavy (non-hydrogen) atoms. The minimum Gasteiger partial charge on any atom is -0.268 e. The molecular formula is C12H20BrClN2. The quantitative estimate of drug-likeness (QED) is 0.747. The Balaban J connectivity index is 2.87. The molecule has 1 aromatic rings. The van der Waals surface area contributed by atoms with E-state index in [1.807, 2.05) is 6.92 Å². The first-order valence-electron chi connectivity index (χ1n) is 5.87. The molecule has 0 N–H and O–H groups in total. The van der Waals surface area contributed by atoms with E-state index >= 15 is 0 Å². The van der Waals surface area contributed by atoms with Crippen LogP contribution in [0.25, 0.3) is 0 Å². The zero-order valence-corrected chi connectivity index (χ0v) is 12.8. The highest BCUT2D eigenvalue weighted by atomic mass is 79.9. The second kappa shape index (κ2) is 6.06. The maximum Gasteiger partial charge on any atom is 0.0738 e. The highest BCUT2D eigenvalue weighted by Gasteiger charge is 2.19. The predicted molar refractivity (Wildman–Crippen MR) is 73.1 cm³/mol. The number of alkyl halides is 1. The van der Waals surface area contributed by atoms with Gasteiger partial charge in [-0.25, -0.2) is 0 Å². The summed E-state index contributed by atoms with van der Waals surface area (Å²) in [7, 11) is 0. The molecular weight excluding hydrogens is 288 g/mol. The molecule has 0 aliphatic carbocycles. The summed E-state index contributed by atoms with van der Waals surface area (Å²) in [5.74, 6) is 0.476. The molecule has 1 heterocycles. The molecule has 0 spiro atoms. The lowest BCUT2D eigenvalue weighted by Crippen LogP contribution is -2.16. The van der Waals surface area contributed by atoms with Crippen LogP contribution in [0.4, 0.5) is 0 Å². The Hall–Kier alpha value is -0.0200. The Labute approximate surface area is 111 Å². The largest absolute Gasteiger partial charge is 0.268 e. The fraction of sp³-hybridized carbons (Fsp3) is 0.750. The van der Waals surface area contributed by atoms with E-state index in [9.17, 15) is 0 Å². The Bertz CT molecular complexity index is 349. The van der Waals surface area contributed by atoms with Crippen LogP contribution in [-0.4, -0.2) is 15.2 Å². The maximum atomic E-state index is 6.28. The van der Waals surface area contributed by atoms with Gasteiger partial charge in [0.1, 0.15) is 0 Å². The van der Waals surface area contributed by atoms with Gasteiger partial charge < -0.3 is 0 Å². The average molecular weight is 308 g/mol. The van der Waals surface area contributed by atoms with Gasteiger partial charge in [-0.3, -0.25) is 4.68 Å². The number of halogens is 2. The summed E-state index contributed by atoms with van der Waals surface area (Å²) in [6.45, 7) is 9.39. The molecule has 1 aromatic heterocycles. The summed E-state index contributed by atoms with van der Waals surface area (Å²) in [6, 6.07) is 0. The van der Waals surface area contributed by atoms with Gasteiger partial charge in [0, 0.05) is 11.9 Å². The summed E-state index contributed by atoms with van der Waals surface area (Å²) in [5, 5.41) is 4.74. The minimum atomic E-state index is 0.243. The van der Waals surface area contributed by atoms with Gasteiger partial charge in [-0.05, 0) is 48.5 Å². The average Bonchev–Trinajstić information content (AvgIpc) is 2.55. The Morgan fingerprint density at radius 3 is 2.56 bits per heavy atom. The highest BCUT2D eigenvalue weighted by Crippen LogP contribution is 2.26. The minimum absolute atomic E-state index is 0.243. The van der Waals surface area contributed by atoms with Gasteiger partial charge in [-0.1, -0.05) is 13.8 Å². The first-order valence-corrected chi connectivity index (χ1v) is 7.10. The Kier molecular flexibility index (Phi) is 5.32. The van der Waals surface area contributed by atoms with Crippen molar-refractivity contribution in [3.63, 3.8) is 0 Å². The molecule has 0 aromatic carbocycles. The lowest BCUT2D eigenvalue weighted by Gasteiger charge is -2.17. The molecule has 0 bridgehead atoms. The topological polar surface area (TPSA) is 17.8 Å². The van der Waals surface area contributed by atoms with Crippen molar-refractivity contribution in [3.8, 4) is 0 Å². The Morgan fingerprint density at radius 2 is 2.06 bits per heavy atom. The molecule has 0 saturated heterocycles. The van der Waals surface area contributed by atoms with Crippen LogP contribution in [0.5, 0.6) is 0 Å². The number of nitrogens with zero attached hydrogens (tertiary/aromatic N) is 2. The van der Waals surface area contributed by atoms with Crippen LogP contribution in [0.3, 0.4) is 0 Å². The molecule has 92 valence electrons. The van der Waals surface area contributed by atoms with E-state index in [-0.39, 0.29) is 5.38 Å². The van der Waals surface area contributed by atoms with Crippen LogP contribution >= 0.6 is 27.5 Å². The molecule has 2 unspecified atom stereocenters. The van der Waals surface area contributed by atoms with Gasteiger partial charge in [0.15, 0.2) is 0 Å². The van der Waals surface area contributed by atoms with Crippen LogP contribution < -0.4 is 0 Å². The SMILES string of the molecule is CCC(Cl)C(C)Cc1c(Br)c(C)nn1CC. The summed E-state index contributed by atoms with van der Waals surface area (Å²) in [5.41, 5.74) is 2.33. The van der Waals surface area contributed by atoms with Gasteiger partial charge in [0.05, 0.1) is 15.9 Å². The van der Waals surface area contributed by atoms with E-state index in [4.69, 9.17) is 11.6 Å². The second-order valence-corrected chi connectivity index (χ2v) is 5.62. The molecule has 0 radical (unpaired) electrons. The smallest absolute Gasteiger partial charge is 0.0738 e. The first-order chi connectivity index (χ1) is 7.51. The third-order valence-corrected chi connectivity index (χ3v) is 4.75. The van der Waals surface area contributed by atoms with Crippen molar-refractivity contribution in [3.05, 3.63) is 15.9 Å². The van der Waals surface area contributed by atoms with Crippen molar-refractivity contribution in [2.45, 2.75) is 52.5 Å². The summed E-state index contributed by atoms with van der Waals surface area (Å²) in [4.78, 5) is 0. The van der Waals surface area contributed by atoms with Gasteiger partial charge in [0.2, 0.25) is 0 Å². The fourth-order valence-corrected chi connectivity index (χ4v) is 2.43. The number of aryl methyl sites for hydroxylation is 2. The van der Waals surface area contributed by atoms with Crippen LogP contribution in [0.1, 0.15) is 38.6 Å². The van der Waals surface area contributed by atoms with Crippen molar-refractivity contribution in [1.82, 2.24) is 9.78 Å². The zero-order chi connectivity index (χ0) is 12.3. The fourth-order valence-electron chi connectivity index (χ4n) is 1.90. The molecule has 0 fully saturated rings. The van der Waals surface area contributed by atoms with Gasteiger partial charge in [-0.15, -0.1) is 11.6 Å². The number of hydrogen-bond donors (Lipinski definition) is 0. The van der Waals surface area contributed by atoms with E-state index in [0.29, 0.717) is 5.92 Å². The highest BCUT2D eigenvalue weighted by molar-refractivity contribution is 9.10. The standard InChI is InChI=1S/C12H20BrClN2/c1-5-10(14)8(3)7-11-12(13)9(4)15-16(11)6-2/h8,10H,5-7H2,1-4H3. The van der Waals surface area contributed by atoms with Crippen LogP contribution in [0.2, 0.25) is 0 Å². The zero-order valence-electron chi connectivity index (χ0n) is 10.4. The van der Waals surface area contributed by atoms with Gasteiger partial charge in [0.25, 0.3) is 0 Å². The molecule has 4 heteroatoms. The van der Waals surface area contributed by atoms with E-state index in [0.717, 1.165) is 29.6 Å². The van der Waals surface area contributed by atoms with Crippen LogP contribution in [-0.2, 0) is 13.0 Å². The number of rotatable bonds is 5. The summed E-state index contributed by atoms with van der Waals surface area (Å²) >= 11 is 9.89. The predicted octanol–water partition coefficient (Wildman–Crippen LogP) is 4.17. The molecule has 2 nitrogen and oxygen atoms in total. The number of hydrogen-bond acceptors (Lipinski definition) is 1. The molecule has 0 aliphatic rings. The van der Waals surface area contributed by atoms with E-state index in [1.54, 1.807) is 0 Å². The van der Waals surface area contributed by atoms with Crippen molar-refractivity contribution in [2.75, 3.05) is 0 Å². The molecule has 2 atom stereocenters. The normalized spacial score (nSPS) is 15.1. The van der Waals surface area contributed by atoms with Crippen molar-refractivity contribution >= 4 is 27.5 Å². The summed E-state index contributed by atoms with van der Waals surface area (Å²) < 4.78 is 3.20. The van der Waals surface area contributed by atoms with Crippen molar-refractivity contribution in [1.29, 1.82) is 0 Å². The monoisotopic (exact) mass is 306 g/mol. The third kappa shape index (κ3) is 3.01. The van der Waals surface area contributed by atoms with E-state index in [1.165, 1.54) is 5.69 Å². The molecule has 0 aliphatic heterocycles. The van der Waals surface area contributed by atoms with Crippen molar-refractivity contribution in [2.24, 2.45) is 5.92 Å². The van der Waals surface area contributed by atoms with Gasteiger partial charge in [-0.2, -0.15) is 5.10 Å². The van der Waals surface area contributed by atoms with Crippen LogP contribution in [0.15, 0.2) is 4.47 Å². The first kappa shape index (κ1) is 14.0. The lowest BCUT2D eigenvalue weighted by atomic mass is 9.99. The van der Waals surface area contributed by atoms with E-state index < -0.39 is 0 Å². The molecule has 0 amide bonds. The molecule has 1 rings (SSSR count). The molecule has 0 saturated carbocycles. The second-order valence-electron chi connectivity index (χ2n) is 4.27. The van der Waals surface area contributed by atoms with Crippen molar-refractivity contribution < 1.29 is 0 Å². The third-order valence-electron chi connectivity index (χ3n) is 2.98. The van der Waals surface area contributed by atoms with Crippen LogP contribution in [0, 0.1) is 12.8 Å².